The molecule has 2 aromatic carbocycles. The number of primary amides is 1. The van der Waals surface area contributed by atoms with Crippen molar-refractivity contribution in [2.45, 2.75) is 18.7 Å². The van der Waals surface area contributed by atoms with Gasteiger partial charge in [-0.1, -0.05) is 54.2 Å². The summed E-state index contributed by atoms with van der Waals surface area (Å²) in [5.74, 6) is -0.174. The number of amidine groups is 1. The summed E-state index contributed by atoms with van der Waals surface area (Å²) in [6.45, 7) is 1.81. The van der Waals surface area contributed by atoms with Gasteiger partial charge in [-0.25, -0.2) is 9.38 Å². The van der Waals surface area contributed by atoms with E-state index in [2.05, 4.69) is 10.3 Å². The molecule has 0 bridgehead atoms. The Hall–Kier alpha value is -2.60. The van der Waals surface area contributed by atoms with Gasteiger partial charge in [0.15, 0.2) is 5.17 Å². The summed E-state index contributed by atoms with van der Waals surface area (Å²) in [7, 11) is 0. The van der Waals surface area contributed by atoms with E-state index in [1.807, 2.05) is 43.3 Å². The van der Waals surface area contributed by atoms with Gasteiger partial charge in [0.2, 0.25) is 5.91 Å². The Morgan fingerprint density at radius 1 is 1.24 bits per heavy atom. The van der Waals surface area contributed by atoms with Crippen LogP contribution in [-0.4, -0.2) is 11.1 Å². The van der Waals surface area contributed by atoms with Crippen molar-refractivity contribution in [3.8, 4) is 0 Å². The Kier molecular flexibility index (Phi) is 5.19. The lowest BCUT2D eigenvalue weighted by molar-refractivity contribution is -0.114. The van der Waals surface area contributed by atoms with Crippen molar-refractivity contribution >= 4 is 22.8 Å². The number of carbonyl (C=O) groups excluding carboxylic acids is 1. The molecule has 3 rings (SSSR count). The molecule has 1 aliphatic rings. The van der Waals surface area contributed by atoms with Crippen LogP contribution in [0.15, 0.2) is 70.9 Å². The van der Waals surface area contributed by atoms with E-state index in [-0.39, 0.29) is 5.82 Å². The molecule has 1 amide bonds. The van der Waals surface area contributed by atoms with Crippen LogP contribution in [0, 0.1) is 5.82 Å². The van der Waals surface area contributed by atoms with Crippen LogP contribution in [0.1, 0.15) is 24.1 Å². The quantitative estimate of drug-likeness (QED) is 0.882. The first-order chi connectivity index (χ1) is 12.0. The maximum atomic E-state index is 13.3. The number of benzene rings is 2. The Balaban J connectivity index is 1.85. The van der Waals surface area contributed by atoms with Gasteiger partial charge in [0.25, 0.3) is 0 Å². The summed E-state index contributed by atoms with van der Waals surface area (Å²) in [4.78, 5) is 16.5. The van der Waals surface area contributed by atoms with Crippen molar-refractivity contribution in [2.24, 2.45) is 10.7 Å². The molecule has 0 unspecified atom stereocenters. The van der Waals surface area contributed by atoms with Gasteiger partial charge in [-0.05, 0) is 30.2 Å². The van der Waals surface area contributed by atoms with Crippen LogP contribution < -0.4 is 11.1 Å². The fourth-order valence-corrected chi connectivity index (χ4v) is 3.58. The van der Waals surface area contributed by atoms with Gasteiger partial charge >= 0.3 is 0 Å². The third-order valence-corrected chi connectivity index (χ3v) is 4.82. The first-order valence-electron chi connectivity index (χ1n) is 7.82. The molecular formula is C19H18FN3OS. The number of nitrogens with one attached hydrogen (secondary N) is 1. The highest BCUT2D eigenvalue weighted by Gasteiger charge is 2.27. The number of allylic oxidation sites excluding steroid dienone is 1. The highest BCUT2D eigenvalue weighted by atomic mass is 32.2. The van der Waals surface area contributed by atoms with Crippen LogP contribution in [0.2, 0.25) is 0 Å². The number of thioether (sulfide) groups is 1. The number of hydrogen-bond donors (Lipinski definition) is 2. The molecule has 0 saturated carbocycles. The average Bonchev–Trinajstić information content (AvgIpc) is 2.60. The summed E-state index contributed by atoms with van der Waals surface area (Å²) in [6, 6.07) is 15.6. The molecule has 1 aliphatic heterocycles. The number of amides is 1. The zero-order valence-corrected chi connectivity index (χ0v) is 14.5. The summed E-state index contributed by atoms with van der Waals surface area (Å²) in [6.07, 6.45) is 0. The lowest BCUT2D eigenvalue weighted by atomic mass is 9.96. The minimum absolute atomic E-state index is 0.258. The summed E-state index contributed by atoms with van der Waals surface area (Å²) in [5.41, 5.74) is 8.48. The fourth-order valence-electron chi connectivity index (χ4n) is 2.69. The van der Waals surface area contributed by atoms with Gasteiger partial charge in [0, 0.05) is 11.4 Å². The van der Waals surface area contributed by atoms with Gasteiger partial charge < -0.3 is 11.1 Å². The van der Waals surface area contributed by atoms with Gasteiger partial charge in [0.1, 0.15) is 11.9 Å². The Morgan fingerprint density at radius 3 is 2.68 bits per heavy atom. The van der Waals surface area contributed by atoms with E-state index < -0.39 is 11.9 Å². The van der Waals surface area contributed by atoms with Gasteiger partial charge in [-0.15, -0.1) is 0 Å². The molecule has 25 heavy (non-hydrogen) atoms. The molecule has 6 heteroatoms. The molecule has 0 radical (unpaired) electrons. The second-order valence-electron chi connectivity index (χ2n) is 5.69. The van der Waals surface area contributed by atoms with Gasteiger partial charge in [-0.3, -0.25) is 4.79 Å². The standard InChI is InChI=1S/C19H18FN3OS/c1-12-16(18(21)24)17(14-7-3-2-4-8-14)23-19(22-12)25-11-13-6-5-9-15(20)10-13/h2-10,17H,11H2,1H3,(H2,21,24)(H,22,23)/t17-/m0/s1. The third-order valence-electron chi connectivity index (χ3n) is 3.86. The second-order valence-corrected chi connectivity index (χ2v) is 6.66. The minimum Gasteiger partial charge on any atom is -0.366 e. The number of aliphatic imine (C=N–C) groups is 1. The Bertz CT molecular complexity index is 849. The van der Waals surface area contributed by atoms with Crippen molar-refractivity contribution in [3.63, 3.8) is 0 Å². The second kappa shape index (κ2) is 7.53. The monoisotopic (exact) mass is 355 g/mol. The molecule has 0 saturated heterocycles. The fraction of sp³-hybridized carbons (Fsp3) is 0.158. The first-order valence-corrected chi connectivity index (χ1v) is 8.80. The minimum atomic E-state index is -0.489. The SMILES string of the molecule is CC1=C(C(N)=O)[C@H](c2ccccc2)N=C(SCc2cccc(F)c2)N1. The number of halogens is 1. The summed E-state index contributed by atoms with van der Waals surface area (Å²) >= 11 is 1.46. The molecule has 2 aromatic rings. The molecule has 0 aliphatic carbocycles. The average molecular weight is 355 g/mol. The van der Waals surface area contributed by atoms with Crippen LogP contribution in [0.4, 0.5) is 4.39 Å². The van der Waals surface area contributed by atoms with Crippen LogP contribution >= 0.6 is 11.8 Å². The van der Waals surface area contributed by atoms with Crippen LogP contribution in [0.3, 0.4) is 0 Å². The molecule has 0 aromatic heterocycles. The highest BCUT2D eigenvalue weighted by Crippen LogP contribution is 2.32. The summed E-state index contributed by atoms with van der Waals surface area (Å²) < 4.78 is 13.3. The Morgan fingerprint density at radius 2 is 2.00 bits per heavy atom. The van der Waals surface area contributed by atoms with E-state index in [0.717, 1.165) is 11.1 Å². The lowest BCUT2D eigenvalue weighted by Gasteiger charge is -2.25. The smallest absolute Gasteiger partial charge is 0.248 e. The lowest BCUT2D eigenvalue weighted by Crippen LogP contribution is -2.32. The predicted molar refractivity (Wildman–Crippen MR) is 99.3 cm³/mol. The van der Waals surface area contributed by atoms with Crippen LogP contribution in [-0.2, 0) is 10.5 Å². The topological polar surface area (TPSA) is 67.5 Å². The summed E-state index contributed by atoms with van der Waals surface area (Å²) in [5, 5.41) is 3.81. The van der Waals surface area contributed by atoms with E-state index in [0.29, 0.717) is 22.2 Å². The zero-order valence-electron chi connectivity index (χ0n) is 13.7. The van der Waals surface area contributed by atoms with Crippen molar-refractivity contribution in [3.05, 3.63) is 82.8 Å². The molecule has 128 valence electrons. The molecule has 0 spiro atoms. The Labute approximate surface area is 150 Å². The van der Waals surface area contributed by atoms with Crippen LogP contribution in [0.25, 0.3) is 0 Å². The van der Waals surface area contributed by atoms with Crippen molar-refractivity contribution in [1.29, 1.82) is 0 Å². The highest BCUT2D eigenvalue weighted by molar-refractivity contribution is 8.13. The normalized spacial score (nSPS) is 17.0. The number of hydrogen-bond acceptors (Lipinski definition) is 4. The first kappa shape index (κ1) is 17.2. The number of nitrogens with zero attached hydrogens (tertiary/aromatic N) is 1. The number of rotatable bonds is 4. The van der Waals surface area contributed by atoms with Crippen LogP contribution in [0.5, 0.6) is 0 Å². The molecule has 4 nitrogen and oxygen atoms in total. The van der Waals surface area contributed by atoms with E-state index in [1.54, 1.807) is 6.07 Å². The largest absolute Gasteiger partial charge is 0.366 e. The molecular weight excluding hydrogens is 337 g/mol. The van der Waals surface area contributed by atoms with Crippen molar-refractivity contribution in [2.75, 3.05) is 0 Å². The maximum Gasteiger partial charge on any atom is 0.248 e. The molecule has 1 atom stereocenters. The molecule has 0 fully saturated rings. The van der Waals surface area contributed by atoms with E-state index in [4.69, 9.17) is 5.73 Å². The van der Waals surface area contributed by atoms with Gasteiger partial charge in [0.05, 0.1) is 5.57 Å². The number of carbonyl (C=O) groups is 1. The van der Waals surface area contributed by atoms with Crippen molar-refractivity contribution < 1.29 is 9.18 Å². The van der Waals surface area contributed by atoms with E-state index >= 15 is 0 Å². The zero-order chi connectivity index (χ0) is 17.8. The van der Waals surface area contributed by atoms with E-state index in [9.17, 15) is 9.18 Å². The van der Waals surface area contributed by atoms with Gasteiger partial charge in [-0.2, -0.15) is 0 Å². The van der Waals surface area contributed by atoms with E-state index in [1.165, 1.54) is 23.9 Å². The molecule has 1 heterocycles. The van der Waals surface area contributed by atoms with Crippen molar-refractivity contribution in [1.82, 2.24) is 5.32 Å². The predicted octanol–water partition coefficient (Wildman–Crippen LogP) is 3.52. The number of nitrogens with two attached hydrogens (primary N) is 1. The maximum absolute atomic E-state index is 13.3. The third kappa shape index (κ3) is 4.09. The molecule has 3 N–H and O–H groups in total.